The number of benzene rings is 1. The van der Waals surface area contributed by atoms with Crippen molar-refractivity contribution >= 4 is 5.84 Å². The number of methoxy groups -OCH3 is 1. The minimum atomic E-state index is -4.19. The van der Waals surface area contributed by atoms with Crippen molar-refractivity contribution < 1.29 is 22.6 Å². The highest BCUT2D eigenvalue weighted by Crippen LogP contribution is 2.26. The molecule has 0 aliphatic carbocycles. The van der Waals surface area contributed by atoms with Crippen molar-refractivity contribution in [3.05, 3.63) is 23.8 Å². The predicted octanol–water partition coefficient (Wildman–Crippen LogP) is 2.70. The van der Waals surface area contributed by atoms with Crippen molar-refractivity contribution in [3.63, 3.8) is 0 Å². The predicted molar refractivity (Wildman–Crippen MR) is 64.8 cm³/mol. The van der Waals surface area contributed by atoms with Crippen molar-refractivity contribution in [3.8, 4) is 11.5 Å². The van der Waals surface area contributed by atoms with Gasteiger partial charge >= 0.3 is 6.18 Å². The largest absolute Gasteiger partial charge is 0.497 e. The Morgan fingerprint density at radius 1 is 1.37 bits per heavy atom. The van der Waals surface area contributed by atoms with Crippen molar-refractivity contribution in [1.82, 2.24) is 0 Å². The summed E-state index contributed by atoms with van der Waals surface area (Å²) in [6, 6.07) is 4.61. The van der Waals surface area contributed by atoms with Gasteiger partial charge in [-0.1, -0.05) is 0 Å². The van der Waals surface area contributed by atoms with E-state index < -0.39 is 12.6 Å². The molecule has 0 aliphatic rings. The van der Waals surface area contributed by atoms with Gasteiger partial charge < -0.3 is 15.2 Å². The normalized spacial score (nSPS) is 11.2. The second-order valence-corrected chi connectivity index (χ2v) is 3.84. The highest BCUT2D eigenvalue weighted by Gasteiger charge is 2.26. The van der Waals surface area contributed by atoms with E-state index in [1.54, 1.807) is 6.07 Å². The minimum Gasteiger partial charge on any atom is -0.497 e. The number of nitrogen functional groups attached to an aromatic ring is 1. The van der Waals surface area contributed by atoms with Gasteiger partial charge in [0.2, 0.25) is 0 Å². The van der Waals surface area contributed by atoms with E-state index in [0.29, 0.717) is 11.3 Å². The summed E-state index contributed by atoms with van der Waals surface area (Å²) in [7, 11) is 1.45. The number of nitrogens with one attached hydrogen (secondary N) is 1. The van der Waals surface area contributed by atoms with Crippen LogP contribution in [0.5, 0.6) is 11.5 Å². The number of rotatable bonds is 6. The lowest BCUT2D eigenvalue weighted by Crippen LogP contribution is -2.14. The fraction of sp³-hybridized carbons (Fsp3) is 0.417. The van der Waals surface area contributed by atoms with E-state index in [-0.39, 0.29) is 24.6 Å². The molecule has 1 aromatic carbocycles. The average Bonchev–Trinajstić information content (AvgIpc) is 2.33. The number of hydrogen-bond acceptors (Lipinski definition) is 3. The SMILES string of the molecule is COc1ccc(C(=N)N)c(OCCCC(F)(F)F)c1. The number of amidine groups is 1. The molecule has 1 rings (SSSR count). The lowest BCUT2D eigenvalue weighted by Gasteiger charge is -2.12. The maximum Gasteiger partial charge on any atom is 0.389 e. The molecule has 19 heavy (non-hydrogen) atoms. The number of halogens is 3. The van der Waals surface area contributed by atoms with Crippen LogP contribution in [-0.2, 0) is 0 Å². The van der Waals surface area contributed by atoms with Gasteiger partial charge in [-0.2, -0.15) is 13.2 Å². The first-order valence-corrected chi connectivity index (χ1v) is 5.55. The Balaban J connectivity index is 2.67. The summed E-state index contributed by atoms with van der Waals surface area (Å²) in [5, 5.41) is 7.36. The van der Waals surface area contributed by atoms with Gasteiger partial charge in [0.25, 0.3) is 0 Å². The lowest BCUT2D eigenvalue weighted by molar-refractivity contribution is -0.136. The molecule has 0 aliphatic heterocycles. The van der Waals surface area contributed by atoms with Crippen LogP contribution < -0.4 is 15.2 Å². The molecule has 0 saturated carbocycles. The van der Waals surface area contributed by atoms with Crippen LogP contribution in [-0.4, -0.2) is 25.7 Å². The highest BCUT2D eigenvalue weighted by atomic mass is 19.4. The maximum absolute atomic E-state index is 12.0. The third kappa shape index (κ3) is 5.07. The van der Waals surface area contributed by atoms with Gasteiger partial charge in [0, 0.05) is 12.5 Å². The summed E-state index contributed by atoms with van der Waals surface area (Å²) in [4.78, 5) is 0. The summed E-state index contributed by atoms with van der Waals surface area (Å²) in [5.41, 5.74) is 5.69. The molecular weight excluding hydrogens is 261 g/mol. The van der Waals surface area contributed by atoms with Gasteiger partial charge in [-0.15, -0.1) is 0 Å². The molecule has 0 unspecified atom stereocenters. The van der Waals surface area contributed by atoms with Crippen LogP contribution in [0.2, 0.25) is 0 Å². The third-order valence-corrected chi connectivity index (χ3v) is 2.34. The van der Waals surface area contributed by atoms with E-state index in [0.717, 1.165) is 0 Å². The summed E-state index contributed by atoms with van der Waals surface area (Å²) in [5.74, 6) is 0.512. The van der Waals surface area contributed by atoms with Gasteiger partial charge in [0.15, 0.2) is 0 Å². The lowest BCUT2D eigenvalue weighted by atomic mass is 10.1. The van der Waals surface area contributed by atoms with Crippen LogP contribution in [0.15, 0.2) is 18.2 Å². The number of ether oxygens (including phenoxy) is 2. The van der Waals surface area contributed by atoms with E-state index in [9.17, 15) is 13.2 Å². The third-order valence-electron chi connectivity index (χ3n) is 2.34. The summed E-state index contributed by atoms with van der Waals surface area (Å²) >= 11 is 0. The zero-order valence-corrected chi connectivity index (χ0v) is 10.4. The first-order chi connectivity index (χ1) is 8.83. The Kier molecular flexibility index (Phi) is 5.02. The number of hydrogen-bond donors (Lipinski definition) is 2. The van der Waals surface area contributed by atoms with E-state index >= 15 is 0 Å². The zero-order chi connectivity index (χ0) is 14.5. The smallest absolute Gasteiger partial charge is 0.389 e. The van der Waals surface area contributed by atoms with E-state index in [1.807, 2.05) is 0 Å². The van der Waals surface area contributed by atoms with Crippen molar-refractivity contribution in [2.45, 2.75) is 19.0 Å². The molecule has 0 aromatic heterocycles. The molecule has 0 atom stereocenters. The molecule has 4 nitrogen and oxygen atoms in total. The Labute approximate surface area is 108 Å². The first-order valence-electron chi connectivity index (χ1n) is 5.55. The Bertz CT molecular complexity index is 447. The average molecular weight is 276 g/mol. The summed E-state index contributed by atoms with van der Waals surface area (Å²) < 4.78 is 46.1. The Hall–Kier alpha value is -1.92. The molecule has 0 amide bonds. The molecule has 0 fully saturated rings. The topological polar surface area (TPSA) is 68.3 Å². The number of alkyl halides is 3. The van der Waals surface area contributed by atoms with Crippen LogP contribution in [0.3, 0.4) is 0 Å². The second kappa shape index (κ2) is 6.31. The fourth-order valence-corrected chi connectivity index (χ4v) is 1.43. The molecule has 0 bridgehead atoms. The molecule has 7 heteroatoms. The van der Waals surface area contributed by atoms with Gasteiger partial charge in [0.1, 0.15) is 17.3 Å². The minimum absolute atomic E-state index is 0.104. The van der Waals surface area contributed by atoms with Crippen LogP contribution in [0.25, 0.3) is 0 Å². The van der Waals surface area contributed by atoms with E-state index in [2.05, 4.69) is 0 Å². The summed E-state index contributed by atoms with van der Waals surface area (Å²) in [6.45, 7) is -0.104. The van der Waals surface area contributed by atoms with Gasteiger partial charge in [-0.25, -0.2) is 0 Å². The first kappa shape index (κ1) is 15.1. The maximum atomic E-state index is 12.0. The van der Waals surface area contributed by atoms with Crippen LogP contribution in [0, 0.1) is 5.41 Å². The monoisotopic (exact) mass is 276 g/mol. The van der Waals surface area contributed by atoms with Crippen LogP contribution in [0.1, 0.15) is 18.4 Å². The molecule has 0 radical (unpaired) electrons. The van der Waals surface area contributed by atoms with Crippen LogP contribution >= 0.6 is 0 Å². The zero-order valence-electron chi connectivity index (χ0n) is 10.4. The molecule has 3 N–H and O–H groups in total. The standard InChI is InChI=1S/C12H15F3N2O2/c1-18-8-3-4-9(11(16)17)10(7-8)19-6-2-5-12(13,14)15/h3-4,7H,2,5-6H2,1H3,(H3,16,17). The van der Waals surface area contributed by atoms with Crippen molar-refractivity contribution in [1.29, 1.82) is 5.41 Å². The van der Waals surface area contributed by atoms with E-state index in [1.165, 1.54) is 19.2 Å². The molecule has 0 spiro atoms. The highest BCUT2D eigenvalue weighted by molar-refractivity contribution is 5.97. The van der Waals surface area contributed by atoms with Crippen LogP contribution in [0.4, 0.5) is 13.2 Å². The second-order valence-electron chi connectivity index (χ2n) is 3.84. The van der Waals surface area contributed by atoms with E-state index in [4.69, 9.17) is 20.6 Å². The molecule has 0 saturated heterocycles. The molecular formula is C12H15F3N2O2. The van der Waals surface area contributed by atoms with Gasteiger partial charge in [0.05, 0.1) is 19.3 Å². The number of nitrogens with two attached hydrogens (primary N) is 1. The quantitative estimate of drug-likeness (QED) is 0.477. The molecule has 106 valence electrons. The van der Waals surface area contributed by atoms with Crippen molar-refractivity contribution in [2.24, 2.45) is 5.73 Å². The molecule has 1 aromatic rings. The Morgan fingerprint density at radius 2 is 2.05 bits per heavy atom. The fourth-order valence-electron chi connectivity index (χ4n) is 1.43. The summed E-state index contributed by atoms with van der Waals surface area (Å²) in [6.07, 6.45) is -5.26. The molecule has 0 heterocycles. The van der Waals surface area contributed by atoms with Gasteiger partial charge in [-0.05, 0) is 18.6 Å². The Morgan fingerprint density at radius 3 is 2.58 bits per heavy atom. The van der Waals surface area contributed by atoms with Crippen molar-refractivity contribution in [2.75, 3.05) is 13.7 Å². The van der Waals surface area contributed by atoms with Gasteiger partial charge in [-0.3, -0.25) is 5.41 Å².